The van der Waals surface area contributed by atoms with Gasteiger partial charge in [-0.05, 0) is 51.4 Å². The van der Waals surface area contributed by atoms with Gasteiger partial charge in [-0.25, -0.2) is 14.6 Å². The summed E-state index contributed by atoms with van der Waals surface area (Å²) in [5, 5.41) is 12.4. The van der Waals surface area contributed by atoms with Gasteiger partial charge in [0.25, 0.3) is 0 Å². The summed E-state index contributed by atoms with van der Waals surface area (Å²) >= 11 is 0. The molecule has 1 aliphatic heterocycles. The van der Waals surface area contributed by atoms with Crippen LogP contribution < -0.4 is 10.6 Å². The van der Waals surface area contributed by atoms with Crippen molar-refractivity contribution in [2.45, 2.75) is 32.7 Å². The van der Waals surface area contributed by atoms with Gasteiger partial charge < -0.3 is 10.6 Å². The largest absolute Gasteiger partial charge is 0.339 e. The van der Waals surface area contributed by atoms with E-state index in [-0.39, 0.29) is 0 Å². The summed E-state index contributed by atoms with van der Waals surface area (Å²) in [6.45, 7) is 6.27. The first-order valence-electron chi connectivity index (χ1n) is 8.45. The number of aromatic nitrogens is 4. The Morgan fingerprint density at radius 1 is 1.17 bits per heavy atom. The van der Waals surface area contributed by atoms with Gasteiger partial charge in [0.1, 0.15) is 12.1 Å². The summed E-state index contributed by atoms with van der Waals surface area (Å²) in [7, 11) is 0. The molecule has 0 spiro atoms. The summed E-state index contributed by atoms with van der Waals surface area (Å²) in [5.41, 5.74) is 4.43. The first kappa shape index (κ1) is 15.1. The average Bonchev–Trinajstić information content (AvgIpc) is 3.03. The van der Waals surface area contributed by atoms with Crippen LogP contribution in [0.3, 0.4) is 0 Å². The molecule has 0 atom stereocenters. The van der Waals surface area contributed by atoms with Gasteiger partial charge in [-0.15, -0.1) is 0 Å². The normalized spacial score (nSPS) is 15.8. The van der Waals surface area contributed by atoms with Gasteiger partial charge >= 0.3 is 0 Å². The van der Waals surface area contributed by atoms with Crippen molar-refractivity contribution in [3.8, 4) is 0 Å². The van der Waals surface area contributed by atoms with Crippen molar-refractivity contribution in [1.82, 2.24) is 25.1 Å². The van der Waals surface area contributed by atoms with Crippen LogP contribution in [-0.4, -0.2) is 32.8 Å². The number of piperidine rings is 1. The summed E-state index contributed by atoms with van der Waals surface area (Å²) < 4.78 is 2.06. The van der Waals surface area contributed by atoms with Crippen LogP contribution in [0.5, 0.6) is 0 Å². The minimum absolute atomic E-state index is 0.410. The Morgan fingerprint density at radius 3 is 2.79 bits per heavy atom. The zero-order chi connectivity index (χ0) is 16.5. The molecule has 0 amide bonds. The average molecular weight is 322 g/mol. The first-order chi connectivity index (χ1) is 11.7. The lowest BCUT2D eigenvalue weighted by Crippen LogP contribution is -2.29. The van der Waals surface area contributed by atoms with Gasteiger partial charge in [0.2, 0.25) is 0 Å². The zero-order valence-electron chi connectivity index (χ0n) is 14.1. The maximum atomic E-state index is 4.60. The van der Waals surface area contributed by atoms with E-state index in [1.54, 1.807) is 6.33 Å². The smallest absolute Gasteiger partial charge is 0.163 e. The van der Waals surface area contributed by atoms with Gasteiger partial charge in [-0.2, -0.15) is 5.10 Å². The maximum absolute atomic E-state index is 4.60. The quantitative estimate of drug-likeness (QED) is 0.775. The molecular formula is C18H22N6. The molecular weight excluding hydrogens is 300 g/mol. The predicted molar refractivity (Wildman–Crippen MR) is 95.7 cm³/mol. The monoisotopic (exact) mass is 322 g/mol. The number of aryl methyl sites for hydroxylation is 2. The van der Waals surface area contributed by atoms with Gasteiger partial charge in [0, 0.05) is 5.69 Å². The molecule has 6 heteroatoms. The van der Waals surface area contributed by atoms with E-state index < -0.39 is 0 Å². The molecule has 0 radical (unpaired) electrons. The molecule has 3 heterocycles. The third-order valence-electron chi connectivity index (χ3n) is 4.68. The van der Waals surface area contributed by atoms with E-state index in [0.29, 0.717) is 6.04 Å². The molecule has 2 N–H and O–H groups in total. The number of anilines is 2. The van der Waals surface area contributed by atoms with Crippen LogP contribution >= 0.6 is 0 Å². The van der Waals surface area contributed by atoms with Crippen molar-refractivity contribution in [3.05, 3.63) is 41.9 Å². The number of hydrogen-bond acceptors (Lipinski definition) is 5. The summed E-state index contributed by atoms with van der Waals surface area (Å²) in [6, 6.07) is 6.77. The molecule has 0 saturated carbocycles. The highest BCUT2D eigenvalue weighted by atomic mass is 15.3. The number of rotatable bonds is 3. The molecule has 1 saturated heterocycles. The number of nitrogens with zero attached hydrogens (tertiary/aromatic N) is 4. The van der Waals surface area contributed by atoms with E-state index in [1.165, 1.54) is 11.1 Å². The Kier molecular flexibility index (Phi) is 3.90. The number of hydrogen-bond donors (Lipinski definition) is 2. The highest BCUT2D eigenvalue weighted by molar-refractivity contribution is 5.88. The lowest BCUT2D eigenvalue weighted by atomic mass is 10.1. The second-order valence-electron chi connectivity index (χ2n) is 6.47. The first-order valence-corrected chi connectivity index (χ1v) is 8.45. The highest BCUT2D eigenvalue weighted by Gasteiger charge is 2.19. The minimum atomic E-state index is 0.410. The second kappa shape index (κ2) is 6.20. The topological polar surface area (TPSA) is 67.7 Å². The van der Waals surface area contributed by atoms with Crippen LogP contribution in [0.15, 0.2) is 30.7 Å². The molecule has 3 aromatic rings. The third kappa shape index (κ3) is 2.73. The van der Waals surface area contributed by atoms with Crippen molar-refractivity contribution in [3.63, 3.8) is 0 Å². The molecule has 6 nitrogen and oxygen atoms in total. The molecule has 1 fully saturated rings. The Hall–Kier alpha value is -2.47. The Morgan fingerprint density at radius 2 is 2.00 bits per heavy atom. The molecule has 2 aromatic heterocycles. The van der Waals surface area contributed by atoms with E-state index in [9.17, 15) is 0 Å². The third-order valence-corrected chi connectivity index (χ3v) is 4.68. The molecule has 0 unspecified atom stereocenters. The van der Waals surface area contributed by atoms with E-state index >= 15 is 0 Å². The van der Waals surface area contributed by atoms with Gasteiger partial charge in [-0.3, -0.25) is 0 Å². The van der Waals surface area contributed by atoms with Gasteiger partial charge in [0.15, 0.2) is 5.65 Å². The van der Waals surface area contributed by atoms with Crippen LogP contribution in [-0.2, 0) is 0 Å². The van der Waals surface area contributed by atoms with Crippen LogP contribution in [0, 0.1) is 13.8 Å². The van der Waals surface area contributed by atoms with Crippen molar-refractivity contribution in [2.24, 2.45) is 0 Å². The van der Waals surface area contributed by atoms with Gasteiger partial charge in [0.05, 0.1) is 17.6 Å². The molecule has 4 rings (SSSR count). The van der Waals surface area contributed by atoms with E-state index in [2.05, 4.69) is 62.4 Å². The Balaban J connectivity index is 1.70. The maximum Gasteiger partial charge on any atom is 0.163 e. The number of fused-ring (bicyclic) bond motifs is 1. The zero-order valence-corrected chi connectivity index (χ0v) is 14.1. The lowest BCUT2D eigenvalue weighted by Gasteiger charge is -2.23. The fraction of sp³-hybridized carbons (Fsp3) is 0.389. The number of nitrogens with one attached hydrogen (secondary N) is 2. The van der Waals surface area contributed by atoms with Crippen LogP contribution in [0.25, 0.3) is 11.0 Å². The van der Waals surface area contributed by atoms with Crippen molar-refractivity contribution < 1.29 is 0 Å². The van der Waals surface area contributed by atoms with E-state index in [4.69, 9.17) is 0 Å². The molecule has 0 bridgehead atoms. The van der Waals surface area contributed by atoms with E-state index in [1.807, 2.05) is 6.20 Å². The molecule has 24 heavy (non-hydrogen) atoms. The van der Waals surface area contributed by atoms with Crippen LogP contribution in [0.1, 0.15) is 30.0 Å². The molecule has 124 valence electrons. The van der Waals surface area contributed by atoms with Crippen LogP contribution in [0.2, 0.25) is 0 Å². The lowest BCUT2D eigenvalue weighted by molar-refractivity contribution is 0.349. The highest BCUT2D eigenvalue weighted by Crippen LogP contribution is 2.28. The molecule has 0 aliphatic carbocycles. The predicted octanol–water partition coefficient (Wildman–Crippen LogP) is 3.11. The molecule has 1 aliphatic rings. The van der Waals surface area contributed by atoms with Crippen molar-refractivity contribution >= 4 is 22.5 Å². The minimum Gasteiger partial charge on any atom is -0.339 e. The fourth-order valence-corrected chi connectivity index (χ4v) is 3.36. The Labute approximate surface area is 141 Å². The SMILES string of the molecule is Cc1ccc(Nc2ncnc3c2cnn3C2CCNCC2)c(C)c1. The number of benzene rings is 1. The van der Waals surface area contributed by atoms with Crippen LogP contribution in [0.4, 0.5) is 11.5 Å². The Bertz CT molecular complexity index is 863. The fourth-order valence-electron chi connectivity index (χ4n) is 3.36. The standard InChI is InChI=1S/C18H22N6/c1-12-3-4-16(13(2)9-12)23-17-15-10-22-24(18(15)21-11-20-17)14-5-7-19-8-6-14/h3-4,9-11,14,19H,5-8H2,1-2H3,(H,20,21,23). The van der Waals surface area contributed by atoms with Crippen molar-refractivity contribution in [2.75, 3.05) is 18.4 Å². The molecule has 1 aromatic carbocycles. The van der Waals surface area contributed by atoms with E-state index in [0.717, 1.165) is 48.5 Å². The van der Waals surface area contributed by atoms with Gasteiger partial charge in [-0.1, -0.05) is 17.7 Å². The second-order valence-corrected chi connectivity index (χ2v) is 6.47. The van der Waals surface area contributed by atoms with Crippen molar-refractivity contribution in [1.29, 1.82) is 0 Å². The summed E-state index contributed by atoms with van der Waals surface area (Å²) in [5.74, 6) is 0.812. The summed E-state index contributed by atoms with van der Waals surface area (Å²) in [4.78, 5) is 8.92. The summed E-state index contributed by atoms with van der Waals surface area (Å²) in [6.07, 6.45) is 5.66.